The standard InChI is InChI=1S/C14H18O3/c1-5-11-6-8-12(9-7-11)16-10-13(15)17-14(2,3)4/h5-9H,1,10H2,2-4H3. The molecule has 0 fully saturated rings. The third-order valence-corrected chi connectivity index (χ3v) is 1.89. The van der Waals surface area contributed by atoms with Gasteiger partial charge in [0.2, 0.25) is 0 Å². The van der Waals surface area contributed by atoms with Gasteiger partial charge in [-0.1, -0.05) is 24.8 Å². The molecule has 17 heavy (non-hydrogen) atoms. The predicted octanol–water partition coefficient (Wildman–Crippen LogP) is 3.05. The Balaban J connectivity index is 2.44. The number of hydrogen-bond acceptors (Lipinski definition) is 3. The van der Waals surface area contributed by atoms with Gasteiger partial charge in [-0.2, -0.15) is 0 Å². The largest absolute Gasteiger partial charge is 0.482 e. The van der Waals surface area contributed by atoms with E-state index in [2.05, 4.69) is 6.58 Å². The molecule has 0 heterocycles. The highest BCUT2D eigenvalue weighted by Crippen LogP contribution is 2.13. The Morgan fingerprint density at radius 3 is 2.35 bits per heavy atom. The van der Waals surface area contributed by atoms with Crippen molar-refractivity contribution in [3.8, 4) is 5.75 Å². The first-order valence-electron chi connectivity index (χ1n) is 5.48. The van der Waals surface area contributed by atoms with Gasteiger partial charge in [-0.25, -0.2) is 4.79 Å². The lowest BCUT2D eigenvalue weighted by Crippen LogP contribution is -2.27. The maximum Gasteiger partial charge on any atom is 0.344 e. The summed E-state index contributed by atoms with van der Waals surface area (Å²) in [6, 6.07) is 7.33. The number of ether oxygens (including phenoxy) is 2. The highest BCUT2D eigenvalue weighted by atomic mass is 16.6. The molecular weight excluding hydrogens is 216 g/mol. The van der Waals surface area contributed by atoms with Gasteiger partial charge in [-0.05, 0) is 38.5 Å². The number of carbonyl (C=O) groups is 1. The second-order valence-corrected chi connectivity index (χ2v) is 4.65. The number of benzene rings is 1. The van der Waals surface area contributed by atoms with Crippen LogP contribution in [0.3, 0.4) is 0 Å². The van der Waals surface area contributed by atoms with E-state index in [-0.39, 0.29) is 12.6 Å². The van der Waals surface area contributed by atoms with Crippen molar-refractivity contribution in [3.63, 3.8) is 0 Å². The molecule has 0 bridgehead atoms. The monoisotopic (exact) mass is 234 g/mol. The molecule has 0 saturated heterocycles. The SMILES string of the molecule is C=Cc1ccc(OCC(=O)OC(C)(C)C)cc1. The Morgan fingerprint density at radius 1 is 1.29 bits per heavy atom. The third kappa shape index (κ3) is 5.20. The van der Waals surface area contributed by atoms with E-state index in [1.165, 1.54) is 0 Å². The minimum absolute atomic E-state index is 0.0787. The molecular formula is C14H18O3. The molecule has 3 heteroatoms. The van der Waals surface area contributed by atoms with Crippen molar-refractivity contribution in [2.75, 3.05) is 6.61 Å². The summed E-state index contributed by atoms with van der Waals surface area (Å²) in [6.07, 6.45) is 1.75. The highest BCUT2D eigenvalue weighted by molar-refractivity contribution is 5.71. The van der Waals surface area contributed by atoms with Gasteiger partial charge in [-0.15, -0.1) is 0 Å². The molecule has 0 amide bonds. The van der Waals surface area contributed by atoms with Crippen molar-refractivity contribution in [2.45, 2.75) is 26.4 Å². The summed E-state index contributed by atoms with van der Waals surface area (Å²) < 4.78 is 10.4. The van der Waals surface area contributed by atoms with Gasteiger partial charge in [-0.3, -0.25) is 0 Å². The molecule has 0 atom stereocenters. The molecule has 0 aliphatic heterocycles. The van der Waals surface area contributed by atoms with Crippen LogP contribution in [0.15, 0.2) is 30.8 Å². The van der Waals surface area contributed by atoms with Crippen LogP contribution in [-0.2, 0) is 9.53 Å². The summed E-state index contributed by atoms with van der Waals surface area (Å²) in [5.74, 6) is 0.270. The van der Waals surface area contributed by atoms with E-state index in [0.717, 1.165) is 5.56 Å². The number of carbonyl (C=O) groups excluding carboxylic acids is 1. The van der Waals surface area contributed by atoms with Crippen molar-refractivity contribution in [1.82, 2.24) is 0 Å². The number of esters is 1. The van der Waals surface area contributed by atoms with Crippen LogP contribution in [-0.4, -0.2) is 18.2 Å². The lowest BCUT2D eigenvalue weighted by atomic mass is 10.2. The maximum absolute atomic E-state index is 11.4. The molecule has 0 spiro atoms. The van der Waals surface area contributed by atoms with Gasteiger partial charge in [0.25, 0.3) is 0 Å². The normalized spacial score (nSPS) is 10.8. The first kappa shape index (κ1) is 13.3. The number of rotatable bonds is 4. The second kappa shape index (κ2) is 5.53. The van der Waals surface area contributed by atoms with Gasteiger partial charge in [0, 0.05) is 0 Å². The molecule has 0 aromatic heterocycles. The van der Waals surface area contributed by atoms with E-state index in [4.69, 9.17) is 9.47 Å². The van der Waals surface area contributed by atoms with Crippen molar-refractivity contribution >= 4 is 12.0 Å². The molecule has 0 saturated carbocycles. The summed E-state index contributed by atoms with van der Waals surface area (Å²) in [7, 11) is 0. The lowest BCUT2D eigenvalue weighted by Gasteiger charge is -2.19. The molecule has 3 nitrogen and oxygen atoms in total. The zero-order valence-corrected chi connectivity index (χ0v) is 10.5. The first-order valence-corrected chi connectivity index (χ1v) is 5.48. The van der Waals surface area contributed by atoms with Crippen molar-refractivity contribution < 1.29 is 14.3 Å². The topological polar surface area (TPSA) is 35.5 Å². The first-order chi connectivity index (χ1) is 7.90. The highest BCUT2D eigenvalue weighted by Gasteiger charge is 2.16. The van der Waals surface area contributed by atoms with Crippen LogP contribution in [0.1, 0.15) is 26.3 Å². The van der Waals surface area contributed by atoms with Gasteiger partial charge in [0.1, 0.15) is 11.4 Å². The van der Waals surface area contributed by atoms with Crippen LogP contribution in [0.2, 0.25) is 0 Å². The molecule has 0 N–H and O–H groups in total. The van der Waals surface area contributed by atoms with Crippen molar-refractivity contribution in [1.29, 1.82) is 0 Å². The fourth-order valence-electron chi connectivity index (χ4n) is 1.21. The van der Waals surface area contributed by atoms with Crippen LogP contribution in [0.25, 0.3) is 6.08 Å². The van der Waals surface area contributed by atoms with Gasteiger partial charge in [0.15, 0.2) is 6.61 Å². The molecule has 0 aliphatic rings. The third-order valence-electron chi connectivity index (χ3n) is 1.89. The van der Waals surface area contributed by atoms with Gasteiger partial charge in [0.05, 0.1) is 0 Å². The Bertz CT molecular complexity index is 385. The molecule has 0 aliphatic carbocycles. The minimum Gasteiger partial charge on any atom is -0.482 e. The average molecular weight is 234 g/mol. The molecule has 0 radical (unpaired) electrons. The van der Waals surface area contributed by atoms with Crippen molar-refractivity contribution in [3.05, 3.63) is 36.4 Å². The smallest absolute Gasteiger partial charge is 0.344 e. The average Bonchev–Trinajstić information content (AvgIpc) is 2.25. The lowest BCUT2D eigenvalue weighted by molar-refractivity contribution is -0.157. The Morgan fingerprint density at radius 2 is 1.88 bits per heavy atom. The fourth-order valence-corrected chi connectivity index (χ4v) is 1.21. The maximum atomic E-state index is 11.4. The zero-order chi connectivity index (χ0) is 12.9. The Kier molecular flexibility index (Phi) is 4.32. The van der Waals surface area contributed by atoms with Crippen LogP contribution in [0.5, 0.6) is 5.75 Å². The van der Waals surface area contributed by atoms with Gasteiger partial charge < -0.3 is 9.47 Å². The van der Waals surface area contributed by atoms with Crippen LogP contribution < -0.4 is 4.74 Å². The van der Waals surface area contributed by atoms with E-state index in [9.17, 15) is 4.79 Å². The summed E-state index contributed by atoms with van der Waals surface area (Å²) in [5, 5.41) is 0. The molecule has 1 rings (SSSR count). The summed E-state index contributed by atoms with van der Waals surface area (Å²) >= 11 is 0. The zero-order valence-electron chi connectivity index (χ0n) is 10.5. The van der Waals surface area contributed by atoms with Crippen molar-refractivity contribution in [2.24, 2.45) is 0 Å². The van der Waals surface area contributed by atoms with E-state index in [1.54, 1.807) is 18.2 Å². The van der Waals surface area contributed by atoms with Gasteiger partial charge >= 0.3 is 5.97 Å². The Hall–Kier alpha value is -1.77. The second-order valence-electron chi connectivity index (χ2n) is 4.65. The van der Waals surface area contributed by atoms with E-state index < -0.39 is 5.60 Å². The molecule has 1 aromatic carbocycles. The van der Waals surface area contributed by atoms with E-state index in [0.29, 0.717) is 5.75 Å². The molecule has 1 aromatic rings. The minimum atomic E-state index is -0.479. The van der Waals surface area contributed by atoms with Crippen LogP contribution in [0, 0.1) is 0 Å². The quantitative estimate of drug-likeness (QED) is 0.751. The van der Waals surface area contributed by atoms with E-state index >= 15 is 0 Å². The van der Waals surface area contributed by atoms with E-state index in [1.807, 2.05) is 32.9 Å². The van der Waals surface area contributed by atoms with Crippen LogP contribution in [0.4, 0.5) is 0 Å². The molecule has 92 valence electrons. The molecule has 0 unspecified atom stereocenters. The summed E-state index contributed by atoms with van der Waals surface area (Å²) in [5.41, 5.74) is 0.530. The predicted molar refractivity (Wildman–Crippen MR) is 67.9 cm³/mol. The fraction of sp³-hybridized carbons (Fsp3) is 0.357. The van der Waals surface area contributed by atoms with Crippen LogP contribution >= 0.6 is 0 Å². The Labute approximate surface area is 102 Å². The summed E-state index contributed by atoms with van der Waals surface area (Å²) in [6.45, 7) is 9.05. The number of hydrogen-bond donors (Lipinski definition) is 0. The summed E-state index contributed by atoms with van der Waals surface area (Å²) in [4.78, 5) is 11.4.